The van der Waals surface area contributed by atoms with Crippen LogP contribution in [-0.4, -0.2) is 38.6 Å². The van der Waals surface area contributed by atoms with Gasteiger partial charge in [-0.1, -0.05) is 11.6 Å². The van der Waals surface area contributed by atoms with Crippen molar-refractivity contribution in [2.45, 2.75) is 12.8 Å². The minimum Gasteiger partial charge on any atom is -0.493 e. The summed E-state index contributed by atoms with van der Waals surface area (Å²) in [6.07, 6.45) is 0. The lowest BCUT2D eigenvalue weighted by molar-refractivity contribution is 0.0118. The molecule has 0 atom stereocenters. The zero-order valence-corrected chi connectivity index (χ0v) is 13.7. The molecule has 1 rings (SSSR count). The van der Waals surface area contributed by atoms with E-state index in [1.807, 2.05) is 0 Å². The van der Waals surface area contributed by atoms with Gasteiger partial charge in [0.1, 0.15) is 0 Å². The molecule has 3 N–H and O–H groups in total. The Bertz CT molecular complexity index is 516. The summed E-state index contributed by atoms with van der Waals surface area (Å²) in [6.45, 7) is 0.436. The van der Waals surface area contributed by atoms with Crippen LogP contribution in [0.25, 0.3) is 0 Å². The van der Waals surface area contributed by atoms with Gasteiger partial charge >= 0.3 is 0 Å². The third-order valence-electron chi connectivity index (χ3n) is 2.59. The predicted molar refractivity (Wildman–Crippen MR) is 82.8 cm³/mol. The Morgan fingerprint density at radius 2 is 2.09 bits per heavy atom. The van der Waals surface area contributed by atoms with E-state index in [1.54, 1.807) is 6.92 Å². The molecule has 0 unspecified atom stereocenters. The first kappa shape index (κ1) is 20.7. The van der Waals surface area contributed by atoms with Gasteiger partial charge in [-0.2, -0.15) is 0 Å². The standard InChI is InChI=1S/C13H17ClF2N2O3.ClH/c1-3-21-11-9(14)4-8(5-10(11)20-2)12(19)18-7-13(15,16)6-17;/h4-5H,3,6-7,17H2,1-2H3,(H,18,19);1H. The third-order valence-corrected chi connectivity index (χ3v) is 2.87. The Morgan fingerprint density at radius 1 is 1.45 bits per heavy atom. The average Bonchev–Trinajstić information content (AvgIpc) is 2.46. The molecule has 0 radical (unpaired) electrons. The van der Waals surface area contributed by atoms with Crippen molar-refractivity contribution >= 4 is 29.9 Å². The number of amides is 1. The first-order valence-electron chi connectivity index (χ1n) is 6.21. The molecule has 0 bridgehead atoms. The van der Waals surface area contributed by atoms with E-state index in [1.165, 1.54) is 19.2 Å². The average molecular weight is 359 g/mol. The number of benzene rings is 1. The Morgan fingerprint density at radius 3 is 2.59 bits per heavy atom. The van der Waals surface area contributed by atoms with E-state index in [0.29, 0.717) is 12.4 Å². The van der Waals surface area contributed by atoms with Crippen molar-refractivity contribution < 1.29 is 23.0 Å². The first-order valence-corrected chi connectivity index (χ1v) is 6.58. The summed E-state index contributed by atoms with van der Waals surface area (Å²) in [7, 11) is 1.39. The van der Waals surface area contributed by atoms with Crippen LogP contribution < -0.4 is 20.5 Å². The highest BCUT2D eigenvalue weighted by Crippen LogP contribution is 2.36. The maximum atomic E-state index is 13.0. The number of nitrogens with two attached hydrogens (primary N) is 1. The molecule has 1 aromatic rings. The predicted octanol–water partition coefficient (Wildman–Crippen LogP) is 2.49. The summed E-state index contributed by atoms with van der Waals surface area (Å²) in [5.74, 6) is -3.31. The Hall–Kier alpha value is -1.31. The van der Waals surface area contributed by atoms with Crippen LogP contribution in [0, 0.1) is 0 Å². The first-order chi connectivity index (χ1) is 9.84. The van der Waals surface area contributed by atoms with Gasteiger partial charge in [-0.05, 0) is 19.1 Å². The Balaban J connectivity index is 0.00000441. The summed E-state index contributed by atoms with van der Waals surface area (Å²) in [6, 6.07) is 2.69. The van der Waals surface area contributed by atoms with Crippen LogP contribution >= 0.6 is 24.0 Å². The molecule has 0 aliphatic rings. The SMILES string of the molecule is CCOc1c(Cl)cc(C(=O)NCC(F)(F)CN)cc1OC.Cl. The van der Waals surface area contributed by atoms with Gasteiger partial charge in [0.25, 0.3) is 11.8 Å². The second kappa shape index (κ2) is 8.97. The molecule has 0 fully saturated rings. The van der Waals surface area contributed by atoms with Crippen LogP contribution in [0.1, 0.15) is 17.3 Å². The van der Waals surface area contributed by atoms with E-state index >= 15 is 0 Å². The highest BCUT2D eigenvalue weighted by Gasteiger charge is 2.27. The van der Waals surface area contributed by atoms with Crippen LogP contribution in [0.3, 0.4) is 0 Å². The Labute approximate surface area is 138 Å². The summed E-state index contributed by atoms with van der Waals surface area (Å²) in [4.78, 5) is 11.9. The molecule has 9 heteroatoms. The van der Waals surface area contributed by atoms with E-state index in [-0.39, 0.29) is 28.7 Å². The van der Waals surface area contributed by atoms with Crippen LogP contribution in [0.5, 0.6) is 11.5 Å². The fraction of sp³-hybridized carbons (Fsp3) is 0.462. The number of hydrogen-bond donors (Lipinski definition) is 2. The summed E-state index contributed by atoms with van der Waals surface area (Å²) in [5.41, 5.74) is 4.99. The number of ether oxygens (including phenoxy) is 2. The molecule has 1 amide bonds. The molecular weight excluding hydrogens is 341 g/mol. The third kappa shape index (κ3) is 5.47. The number of carbonyl (C=O) groups is 1. The molecular formula is C13H18Cl2F2N2O3. The van der Waals surface area contributed by atoms with Crippen molar-refractivity contribution in [2.75, 3.05) is 26.8 Å². The maximum Gasteiger partial charge on any atom is 0.277 e. The molecule has 5 nitrogen and oxygen atoms in total. The van der Waals surface area contributed by atoms with Crippen molar-refractivity contribution in [1.29, 1.82) is 0 Å². The molecule has 126 valence electrons. The van der Waals surface area contributed by atoms with Gasteiger partial charge in [-0.3, -0.25) is 4.79 Å². The molecule has 0 aliphatic carbocycles. The lowest BCUT2D eigenvalue weighted by Crippen LogP contribution is -2.41. The molecule has 0 aliphatic heterocycles. The molecule has 1 aromatic carbocycles. The van der Waals surface area contributed by atoms with Crippen LogP contribution in [0.4, 0.5) is 8.78 Å². The number of rotatable bonds is 7. The minimum absolute atomic E-state index is 0. The van der Waals surface area contributed by atoms with E-state index < -0.39 is 24.9 Å². The van der Waals surface area contributed by atoms with Crippen molar-refractivity contribution in [3.05, 3.63) is 22.7 Å². The topological polar surface area (TPSA) is 73.6 Å². The number of methoxy groups -OCH3 is 1. The highest BCUT2D eigenvalue weighted by atomic mass is 35.5. The zero-order valence-electron chi connectivity index (χ0n) is 12.1. The minimum atomic E-state index is -3.16. The lowest BCUT2D eigenvalue weighted by Gasteiger charge is -2.16. The van der Waals surface area contributed by atoms with Crippen LogP contribution in [0.15, 0.2) is 12.1 Å². The summed E-state index contributed by atoms with van der Waals surface area (Å²) in [5, 5.41) is 2.26. The van der Waals surface area contributed by atoms with Gasteiger partial charge < -0.3 is 20.5 Å². The molecule has 0 spiro atoms. The van der Waals surface area contributed by atoms with Crippen LogP contribution in [0.2, 0.25) is 5.02 Å². The quantitative estimate of drug-likeness (QED) is 0.785. The maximum absolute atomic E-state index is 13.0. The fourth-order valence-electron chi connectivity index (χ4n) is 1.52. The molecule has 0 heterocycles. The van der Waals surface area contributed by atoms with Gasteiger partial charge in [-0.25, -0.2) is 8.78 Å². The van der Waals surface area contributed by atoms with Gasteiger partial charge in [0, 0.05) is 5.56 Å². The number of nitrogens with one attached hydrogen (secondary N) is 1. The lowest BCUT2D eigenvalue weighted by atomic mass is 10.1. The summed E-state index contributed by atoms with van der Waals surface area (Å²) < 4.78 is 36.4. The van der Waals surface area contributed by atoms with Gasteiger partial charge in [-0.15, -0.1) is 12.4 Å². The largest absolute Gasteiger partial charge is 0.493 e. The molecule has 0 saturated carbocycles. The monoisotopic (exact) mass is 358 g/mol. The highest BCUT2D eigenvalue weighted by molar-refractivity contribution is 6.32. The fourth-order valence-corrected chi connectivity index (χ4v) is 1.78. The second-order valence-electron chi connectivity index (χ2n) is 4.17. The van der Waals surface area contributed by atoms with Gasteiger partial charge in [0.15, 0.2) is 11.5 Å². The number of carbonyl (C=O) groups excluding carboxylic acids is 1. The van der Waals surface area contributed by atoms with Crippen molar-refractivity contribution in [3.63, 3.8) is 0 Å². The molecule has 22 heavy (non-hydrogen) atoms. The van der Waals surface area contributed by atoms with E-state index in [4.69, 9.17) is 26.8 Å². The number of alkyl halides is 2. The van der Waals surface area contributed by atoms with E-state index in [0.717, 1.165) is 0 Å². The molecule has 0 aromatic heterocycles. The van der Waals surface area contributed by atoms with Crippen LogP contribution in [-0.2, 0) is 0 Å². The van der Waals surface area contributed by atoms with Gasteiger partial charge in [0.2, 0.25) is 0 Å². The van der Waals surface area contributed by atoms with Crippen molar-refractivity contribution in [1.82, 2.24) is 5.32 Å². The smallest absolute Gasteiger partial charge is 0.277 e. The number of hydrogen-bond acceptors (Lipinski definition) is 4. The zero-order chi connectivity index (χ0) is 16.0. The Kier molecular flexibility index (Phi) is 8.44. The normalized spacial score (nSPS) is 10.6. The second-order valence-corrected chi connectivity index (χ2v) is 4.57. The van der Waals surface area contributed by atoms with E-state index in [2.05, 4.69) is 5.32 Å². The van der Waals surface area contributed by atoms with Crippen molar-refractivity contribution in [3.8, 4) is 11.5 Å². The van der Waals surface area contributed by atoms with Crippen molar-refractivity contribution in [2.24, 2.45) is 5.73 Å². The molecule has 0 saturated heterocycles. The van der Waals surface area contributed by atoms with E-state index in [9.17, 15) is 13.6 Å². The summed E-state index contributed by atoms with van der Waals surface area (Å²) >= 11 is 6.00. The number of halogens is 4. The van der Waals surface area contributed by atoms with Gasteiger partial charge in [0.05, 0.1) is 31.8 Å².